The van der Waals surface area contributed by atoms with Gasteiger partial charge in [-0.25, -0.2) is 34.9 Å². The third kappa shape index (κ3) is 11.7. The van der Waals surface area contributed by atoms with Crippen LogP contribution in [0, 0.1) is 12.8 Å². The van der Waals surface area contributed by atoms with Crippen molar-refractivity contribution in [3.8, 4) is 49.1 Å². The molecule has 7 atom stereocenters. The van der Waals surface area contributed by atoms with Crippen LogP contribution in [0.5, 0.6) is 5.75 Å². The molecule has 3 aliphatic rings. The summed E-state index contributed by atoms with van der Waals surface area (Å²) < 4.78 is 0. The highest BCUT2D eigenvalue weighted by atomic mass is 32.1. The molecule has 10 bridgehead atoms. The number of pyridine rings is 1. The molecular formula is C56H50N14O9S6. The SMILES string of the molecule is Cc1sc2nc1C(=O)N[C@@H]([C@H](O)c1ccccc1)c1nc(cs1)C(=O)N[C@@H](Cc1ccc(O)cc1)C(=O)N1C[C@H](O)[C@H](C)[C@H]1c1nc(cs1)-c1nc(cs1)-c1nc(-c3nc(C(=O)N4CC(N)C4)cs3)ccc1-c1nc(cs1)C(=O)N[C@H]2CC(N)=O. The Morgan fingerprint density at radius 3 is 2.07 bits per heavy atom. The highest BCUT2D eigenvalue weighted by molar-refractivity contribution is 7.15. The average Bonchev–Trinajstić information content (AvgIpc) is 2.64. The molecule has 0 radical (unpaired) electrons. The number of primary amides is 1. The number of hydrogen-bond acceptors (Lipinski definition) is 23. The Bertz CT molecular complexity index is 4040. The average molecular weight is 1260 g/mol. The van der Waals surface area contributed by atoms with Crippen LogP contribution in [0.25, 0.3) is 43.4 Å². The number of benzene rings is 2. The second-order valence-corrected chi connectivity index (χ2v) is 26.1. The predicted molar refractivity (Wildman–Crippen MR) is 320 cm³/mol. The monoisotopic (exact) mass is 1250 g/mol. The van der Waals surface area contributed by atoms with E-state index in [2.05, 4.69) is 30.9 Å². The number of thiazole rings is 6. The molecular weight excluding hydrogens is 1210 g/mol. The van der Waals surface area contributed by atoms with Crippen LogP contribution in [-0.4, -0.2) is 133 Å². The molecule has 10 N–H and O–H groups in total. The first-order chi connectivity index (χ1) is 40.9. The van der Waals surface area contributed by atoms with Crippen molar-refractivity contribution in [3.05, 3.63) is 147 Å². The second-order valence-electron chi connectivity index (χ2n) is 20.5. The van der Waals surface area contributed by atoms with Crippen LogP contribution in [0.1, 0.15) is 111 Å². The molecule has 0 saturated carbocycles. The number of carbonyl (C=O) groups excluding carboxylic acids is 6. The number of nitrogens with two attached hydrogens (primary N) is 2. The highest BCUT2D eigenvalue weighted by Gasteiger charge is 2.46. The first-order valence-electron chi connectivity index (χ1n) is 26.4. The van der Waals surface area contributed by atoms with Crippen LogP contribution < -0.4 is 27.4 Å². The molecule has 0 unspecified atom stereocenters. The van der Waals surface area contributed by atoms with Crippen molar-refractivity contribution in [1.82, 2.24) is 60.6 Å². The minimum Gasteiger partial charge on any atom is -0.508 e. The van der Waals surface area contributed by atoms with Crippen LogP contribution >= 0.6 is 68.0 Å². The molecule has 3 aliphatic heterocycles. The quantitative estimate of drug-likeness (QED) is 0.0855. The molecule has 23 nitrogen and oxygen atoms in total. The summed E-state index contributed by atoms with van der Waals surface area (Å²) >= 11 is 7.01. The number of likely N-dealkylation sites (tertiary alicyclic amines) is 1. The Hall–Kier alpha value is -8.13. The summed E-state index contributed by atoms with van der Waals surface area (Å²) in [5.41, 5.74) is 15.0. The van der Waals surface area contributed by atoms with Crippen LogP contribution in [0.4, 0.5) is 0 Å². The van der Waals surface area contributed by atoms with Gasteiger partial charge in [0.1, 0.15) is 93.8 Å². The van der Waals surface area contributed by atoms with Crippen LogP contribution in [0.2, 0.25) is 0 Å². The smallest absolute Gasteiger partial charge is 0.273 e. The van der Waals surface area contributed by atoms with Crippen LogP contribution in [0.3, 0.4) is 0 Å². The first kappa shape index (κ1) is 57.3. The van der Waals surface area contributed by atoms with E-state index < -0.39 is 78.2 Å². The van der Waals surface area contributed by atoms with Gasteiger partial charge in [0.25, 0.3) is 23.6 Å². The van der Waals surface area contributed by atoms with Crippen molar-refractivity contribution in [2.45, 2.75) is 69.1 Å². The van der Waals surface area contributed by atoms with Gasteiger partial charge in [0.2, 0.25) is 11.8 Å². The lowest BCUT2D eigenvalue weighted by molar-refractivity contribution is -0.134. The Morgan fingerprint density at radius 1 is 0.671 bits per heavy atom. The number of phenols is 1. The van der Waals surface area contributed by atoms with E-state index in [-0.39, 0.29) is 63.5 Å². The number of carbonyl (C=O) groups is 6. The molecule has 85 heavy (non-hydrogen) atoms. The standard InChI is InChI=1S/C56H50N14O9S6/c1-24-39(72)18-70-44(24)54-65-37(22-84-54)51-62-34(19-81-51)42-30(12-13-31(59-42)50-66-38(23-82-50)55(78)69-16-28(57)17-69)49-63-35(20-80-49)46(75)60-32(15-40(58)73)52-68-41(25(2)85-52)48(77)67-43(45(74)27-6-4-3-5-7-27)53-64-36(21-83-53)47(76)61-33(56(70)79)14-26-8-10-29(71)11-9-26/h3-13,19-24,28,32-33,39,43-45,71-72,74H,14-18,57H2,1-2H3,(H2,58,73)(H,60,75)(H,61,76)(H,67,77)/t24-,32-,33-,39-,43-,44-,45+/m0/s1. The Morgan fingerprint density at radius 2 is 1.32 bits per heavy atom. The first-order valence-corrected chi connectivity index (χ1v) is 31.7. The van der Waals surface area contributed by atoms with Gasteiger partial charge in [0, 0.05) is 75.4 Å². The molecule has 2 aromatic carbocycles. The Kier molecular flexibility index (Phi) is 16.0. The normalized spacial score (nSPS) is 20.7. The van der Waals surface area contributed by atoms with Gasteiger partial charge in [-0.2, -0.15) is 0 Å². The summed E-state index contributed by atoms with van der Waals surface area (Å²) in [7, 11) is 0. The molecule has 9 aromatic rings. The lowest BCUT2D eigenvalue weighted by Crippen LogP contribution is -2.57. The van der Waals surface area contributed by atoms with E-state index in [9.17, 15) is 39.3 Å². The number of aromatic hydroxyl groups is 1. The lowest BCUT2D eigenvalue weighted by Gasteiger charge is -2.36. The number of hydrogen-bond donors (Lipinski definition) is 8. The number of phenolic OH excluding ortho intramolecular Hbond substituents is 1. The van der Waals surface area contributed by atoms with Crippen molar-refractivity contribution in [1.29, 1.82) is 0 Å². The number of nitrogens with zero attached hydrogens (tertiary/aromatic N) is 9. The highest BCUT2D eigenvalue weighted by Crippen LogP contribution is 2.43. The summed E-state index contributed by atoms with van der Waals surface area (Å²) in [6.45, 7) is 4.23. The summed E-state index contributed by atoms with van der Waals surface area (Å²) in [6, 6.07) is 13.8. The zero-order chi connectivity index (χ0) is 59.4. The maximum Gasteiger partial charge on any atom is 0.273 e. The Labute approximate surface area is 507 Å². The second kappa shape index (κ2) is 23.7. The third-order valence-electron chi connectivity index (χ3n) is 14.6. The van der Waals surface area contributed by atoms with Crippen molar-refractivity contribution >= 4 is 103 Å². The number of nitrogens with one attached hydrogen (secondary N) is 3. The molecule has 7 aromatic heterocycles. The van der Waals surface area contributed by atoms with E-state index in [4.69, 9.17) is 31.4 Å². The number of aryl methyl sites for hydroxylation is 1. The van der Waals surface area contributed by atoms with E-state index >= 15 is 4.79 Å². The van der Waals surface area contributed by atoms with Crippen molar-refractivity contribution in [3.63, 3.8) is 0 Å². The van der Waals surface area contributed by atoms with Crippen molar-refractivity contribution < 1.29 is 44.1 Å². The largest absolute Gasteiger partial charge is 0.508 e. The molecule has 29 heteroatoms. The molecule has 12 rings (SSSR count). The fourth-order valence-corrected chi connectivity index (χ4v) is 15.4. The minimum absolute atomic E-state index is 0.0000151. The summed E-state index contributed by atoms with van der Waals surface area (Å²) in [4.78, 5) is 122. The van der Waals surface area contributed by atoms with E-state index in [0.29, 0.717) is 77.5 Å². The number of rotatable bonds is 8. The maximum absolute atomic E-state index is 15.2. The van der Waals surface area contributed by atoms with Gasteiger partial charge in [-0.15, -0.1) is 68.0 Å². The number of aliphatic hydroxyl groups is 2. The van der Waals surface area contributed by atoms with E-state index in [1.165, 1.54) is 56.4 Å². The van der Waals surface area contributed by atoms with Gasteiger partial charge in [-0.3, -0.25) is 28.8 Å². The summed E-state index contributed by atoms with van der Waals surface area (Å²) in [6.07, 6.45) is -2.80. The molecule has 0 spiro atoms. The molecule has 2 fully saturated rings. The van der Waals surface area contributed by atoms with Gasteiger partial charge in [0.15, 0.2) is 0 Å². The molecule has 6 amide bonds. The number of aromatic nitrogens is 7. The zero-order valence-corrected chi connectivity index (χ0v) is 49.7. The number of fused-ring (bicyclic) bond motifs is 16. The van der Waals surface area contributed by atoms with Gasteiger partial charge >= 0.3 is 0 Å². The van der Waals surface area contributed by atoms with Gasteiger partial charge < -0.3 is 52.5 Å². The van der Waals surface area contributed by atoms with E-state index in [1.807, 2.05) is 12.3 Å². The fourth-order valence-electron chi connectivity index (χ4n) is 10.1. The van der Waals surface area contributed by atoms with Gasteiger partial charge in [-0.1, -0.05) is 49.4 Å². The van der Waals surface area contributed by atoms with Crippen LogP contribution in [0.15, 0.2) is 93.6 Å². The van der Waals surface area contributed by atoms with Gasteiger partial charge in [0.05, 0.1) is 30.3 Å². The molecule has 0 aliphatic carbocycles. The lowest BCUT2D eigenvalue weighted by atomic mass is 10.00. The third-order valence-corrected chi connectivity index (χ3v) is 20.2. The minimum atomic E-state index is -1.41. The Balaban J connectivity index is 0.952. The zero-order valence-electron chi connectivity index (χ0n) is 44.8. The van der Waals surface area contributed by atoms with E-state index in [1.54, 1.807) is 82.6 Å². The van der Waals surface area contributed by atoms with E-state index in [0.717, 1.165) is 34.0 Å². The maximum atomic E-state index is 15.2. The number of amides is 6. The molecule has 434 valence electrons. The van der Waals surface area contributed by atoms with Crippen molar-refractivity contribution in [2.24, 2.45) is 17.4 Å². The predicted octanol–water partition coefficient (Wildman–Crippen LogP) is 6.07. The van der Waals surface area contributed by atoms with Crippen LogP contribution in [-0.2, 0) is 16.0 Å². The summed E-state index contributed by atoms with van der Waals surface area (Å²) in [5, 5.41) is 52.7. The molecule has 2 saturated heterocycles. The van der Waals surface area contributed by atoms with Crippen molar-refractivity contribution in [2.75, 3.05) is 19.6 Å². The number of aliphatic hydroxyl groups excluding tert-OH is 2. The topological polar surface area (TPSA) is 348 Å². The summed E-state index contributed by atoms with van der Waals surface area (Å²) in [5.74, 6) is -4.21. The fraction of sp³-hybridized carbons (Fsp3) is 0.268. The van der Waals surface area contributed by atoms with Gasteiger partial charge in [-0.05, 0) is 42.3 Å². The molecule has 10 heterocycles.